The van der Waals surface area contributed by atoms with Gasteiger partial charge in [0.25, 0.3) is 5.91 Å². The highest BCUT2D eigenvalue weighted by Crippen LogP contribution is 2.21. The third-order valence-electron chi connectivity index (χ3n) is 2.62. The molecular weight excluding hydrogens is 319 g/mol. The first kappa shape index (κ1) is 15.4. The normalized spacial score (nSPS) is 11.2. The molecule has 0 atom stereocenters. The molecule has 5 nitrogen and oxygen atoms in total. The van der Waals surface area contributed by atoms with Crippen LogP contribution in [0.3, 0.4) is 0 Å². The fraction of sp³-hybridized carbons (Fsp3) is 0.0769. The number of amides is 1. The Hall–Kier alpha value is -1.99. The summed E-state index contributed by atoms with van der Waals surface area (Å²) in [5, 5.41) is 2.24. The molecule has 0 fully saturated rings. The van der Waals surface area contributed by atoms with E-state index in [2.05, 4.69) is 10.3 Å². The van der Waals surface area contributed by atoms with Crippen molar-refractivity contribution in [2.24, 2.45) is 0 Å². The van der Waals surface area contributed by atoms with Crippen LogP contribution < -0.4 is 5.32 Å². The van der Waals surface area contributed by atoms with Crippen LogP contribution in [0.5, 0.6) is 0 Å². The second-order valence-corrected chi connectivity index (χ2v) is 6.58. The van der Waals surface area contributed by atoms with Gasteiger partial charge in [-0.1, -0.05) is 11.6 Å². The summed E-state index contributed by atoms with van der Waals surface area (Å²) >= 11 is 5.77. The van der Waals surface area contributed by atoms with Crippen molar-refractivity contribution >= 4 is 33.0 Å². The molecule has 0 spiro atoms. The number of sulfone groups is 1. The number of aromatic nitrogens is 1. The molecule has 110 valence electrons. The Labute approximate surface area is 125 Å². The molecule has 0 aliphatic heterocycles. The van der Waals surface area contributed by atoms with Gasteiger partial charge in [0.1, 0.15) is 11.0 Å². The number of carbonyl (C=O) groups excluding carboxylic acids is 1. The zero-order valence-electron chi connectivity index (χ0n) is 10.8. The van der Waals surface area contributed by atoms with Gasteiger partial charge in [-0.3, -0.25) is 4.79 Å². The van der Waals surface area contributed by atoms with Gasteiger partial charge in [-0.15, -0.1) is 0 Å². The number of nitrogens with zero attached hydrogens (tertiary/aromatic N) is 1. The Balaban J connectivity index is 2.36. The number of nitrogens with one attached hydrogen (secondary N) is 1. The summed E-state index contributed by atoms with van der Waals surface area (Å²) in [6.45, 7) is 0. The van der Waals surface area contributed by atoms with E-state index in [1.165, 1.54) is 18.3 Å². The van der Waals surface area contributed by atoms with Crippen molar-refractivity contribution in [2.75, 3.05) is 11.6 Å². The minimum absolute atomic E-state index is 0.0327. The predicted octanol–water partition coefficient (Wildman–Crippen LogP) is 2.53. The number of carbonyl (C=O) groups is 1. The van der Waals surface area contributed by atoms with E-state index >= 15 is 0 Å². The van der Waals surface area contributed by atoms with Gasteiger partial charge in [0, 0.05) is 12.5 Å². The number of hydrogen-bond donors (Lipinski definition) is 1. The first-order chi connectivity index (χ1) is 9.79. The zero-order valence-corrected chi connectivity index (χ0v) is 12.4. The molecule has 0 aliphatic rings. The smallest absolute Gasteiger partial charge is 0.258 e. The molecule has 1 N–H and O–H groups in total. The molecule has 2 aromatic rings. The molecule has 1 amide bonds. The van der Waals surface area contributed by atoms with E-state index in [9.17, 15) is 17.6 Å². The van der Waals surface area contributed by atoms with Crippen molar-refractivity contribution in [1.82, 2.24) is 4.98 Å². The summed E-state index contributed by atoms with van der Waals surface area (Å²) in [4.78, 5) is 15.6. The first-order valence-corrected chi connectivity index (χ1v) is 7.97. The molecule has 1 heterocycles. The van der Waals surface area contributed by atoms with Gasteiger partial charge in [0.2, 0.25) is 0 Å². The molecule has 0 saturated heterocycles. The van der Waals surface area contributed by atoms with E-state index in [1.807, 2.05) is 0 Å². The molecule has 0 saturated carbocycles. The van der Waals surface area contributed by atoms with Crippen LogP contribution in [-0.2, 0) is 9.84 Å². The third kappa shape index (κ3) is 3.56. The molecule has 0 unspecified atom stereocenters. The predicted molar refractivity (Wildman–Crippen MR) is 76.7 cm³/mol. The number of pyridine rings is 1. The molecule has 0 bridgehead atoms. The van der Waals surface area contributed by atoms with Gasteiger partial charge in [-0.25, -0.2) is 17.8 Å². The van der Waals surface area contributed by atoms with E-state index in [0.29, 0.717) is 0 Å². The highest BCUT2D eigenvalue weighted by Gasteiger charge is 2.15. The lowest BCUT2D eigenvalue weighted by Crippen LogP contribution is -2.14. The summed E-state index contributed by atoms with van der Waals surface area (Å²) in [6, 6.07) is 6.06. The largest absolute Gasteiger partial charge is 0.319 e. The molecular formula is C13H10ClFN2O3S. The third-order valence-corrected chi connectivity index (χ3v) is 4.03. The second kappa shape index (κ2) is 5.79. The van der Waals surface area contributed by atoms with Crippen LogP contribution >= 0.6 is 11.6 Å². The van der Waals surface area contributed by atoms with Gasteiger partial charge in [-0.05, 0) is 30.3 Å². The Bertz CT molecular complexity index is 809. The monoisotopic (exact) mass is 328 g/mol. The Morgan fingerprint density at radius 2 is 2.05 bits per heavy atom. The number of halogens is 2. The fourth-order valence-electron chi connectivity index (χ4n) is 1.58. The minimum Gasteiger partial charge on any atom is -0.319 e. The standard InChI is InChI=1S/C13H10ClFN2O3S/c1-21(19,20)8-4-5-10(15)11(7-8)17-13(18)9-3-2-6-16-12(9)14/h2-7H,1H3,(H,17,18). The maximum Gasteiger partial charge on any atom is 0.258 e. The van der Waals surface area contributed by atoms with Gasteiger partial charge in [0.05, 0.1) is 16.1 Å². The van der Waals surface area contributed by atoms with Gasteiger partial charge in [0.15, 0.2) is 9.84 Å². The average molecular weight is 329 g/mol. The summed E-state index contributed by atoms with van der Waals surface area (Å²) in [5.74, 6) is -1.44. The number of benzene rings is 1. The Kier molecular flexibility index (Phi) is 4.24. The van der Waals surface area contributed by atoms with Crippen LogP contribution in [0.2, 0.25) is 5.15 Å². The van der Waals surface area contributed by atoms with Gasteiger partial charge in [-0.2, -0.15) is 0 Å². The van der Waals surface area contributed by atoms with Crippen LogP contribution in [0.4, 0.5) is 10.1 Å². The fourth-order valence-corrected chi connectivity index (χ4v) is 2.43. The minimum atomic E-state index is -3.51. The van der Waals surface area contributed by atoms with Gasteiger partial charge >= 0.3 is 0 Å². The second-order valence-electron chi connectivity index (χ2n) is 4.21. The van der Waals surface area contributed by atoms with Crippen LogP contribution in [0.25, 0.3) is 0 Å². The highest BCUT2D eigenvalue weighted by atomic mass is 35.5. The molecule has 0 aliphatic carbocycles. The van der Waals surface area contributed by atoms with Gasteiger partial charge < -0.3 is 5.32 Å². The molecule has 1 aromatic heterocycles. The quantitative estimate of drug-likeness (QED) is 0.694. The van der Waals surface area contributed by atoms with E-state index in [1.54, 1.807) is 0 Å². The highest BCUT2D eigenvalue weighted by molar-refractivity contribution is 7.90. The maximum atomic E-state index is 13.7. The van der Waals surface area contributed by atoms with Crippen molar-refractivity contribution in [3.8, 4) is 0 Å². The lowest BCUT2D eigenvalue weighted by Gasteiger charge is -2.08. The number of hydrogen-bond acceptors (Lipinski definition) is 4. The van der Waals surface area contributed by atoms with Crippen LogP contribution in [0.1, 0.15) is 10.4 Å². The SMILES string of the molecule is CS(=O)(=O)c1ccc(F)c(NC(=O)c2cccnc2Cl)c1. The Morgan fingerprint density at radius 3 is 2.67 bits per heavy atom. The molecule has 2 rings (SSSR count). The molecule has 0 radical (unpaired) electrons. The van der Waals surface area contributed by atoms with E-state index in [4.69, 9.17) is 11.6 Å². The summed E-state index contributed by atoms with van der Waals surface area (Å²) in [6.07, 6.45) is 2.40. The van der Waals surface area contributed by atoms with Crippen molar-refractivity contribution in [2.45, 2.75) is 4.90 Å². The average Bonchev–Trinajstić information content (AvgIpc) is 2.40. The number of anilines is 1. The van der Waals surface area contributed by atoms with E-state index in [-0.39, 0.29) is 21.3 Å². The summed E-state index contributed by atoms with van der Waals surface area (Å²) in [7, 11) is -3.51. The Morgan fingerprint density at radius 1 is 1.33 bits per heavy atom. The van der Waals surface area contributed by atoms with E-state index in [0.717, 1.165) is 24.5 Å². The maximum absolute atomic E-state index is 13.7. The number of rotatable bonds is 3. The van der Waals surface area contributed by atoms with Crippen molar-refractivity contribution in [3.63, 3.8) is 0 Å². The molecule has 8 heteroatoms. The van der Waals surface area contributed by atoms with Crippen molar-refractivity contribution in [3.05, 3.63) is 53.1 Å². The van der Waals surface area contributed by atoms with Crippen molar-refractivity contribution < 1.29 is 17.6 Å². The van der Waals surface area contributed by atoms with Crippen LogP contribution in [-0.4, -0.2) is 25.6 Å². The first-order valence-electron chi connectivity index (χ1n) is 5.70. The van der Waals surface area contributed by atoms with E-state index < -0.39 is 21.6 Å². The van der Waals surface area contributed by atoms with Crippen LogP contribution in [0, 0.1) is 5.82 Å². The topological polar surface area (TPSA) is 76.1 Å². The van der Waals surface area contributed by atoms with Crippen molar-refractivity contribution in [1.29, 1.82) is 0 Å². The zero-order chi connectivity index (χ0) is 15.6. The lowest BCUT2D eigenvalue weighted by atomic mass is 10.2. The van der Waals surface area contributed by atoms with Crippen LogP contribution in [0.15, 0.2) is 41.4 Å². The molecule has 1 aromatic carbocycles. The summed E-state index contributed by atoms with van der Waals surface area (Å²) < 4.78 is 36.6. The lowest BCUT2D eigenvalue weighted by molar-refractivity contribution is 0.102. The molecule has 21 heavy (non-hydrogen) atoms. The summed E-state index contributed by atoms with van der Waals surface area (Å²) in [5.41, 5.74) is -0.189.